The van der Waals surface area contributed by atoms with Crippen LogP contribution in [0.25, 0.3) is 0 Å². The fourth-order valence-electron chi connectivity index (χ4n) is 1.33. The molecule has 2 N–H and O–H groups in total. The van der Waals surface area contributed by atoms with Crippen molar-refractivity contribution < 1.29 is 4.79 Å². The van der Waals surface area contributed by atoms with Crippen LogP contribution in [-0.2, 0) is 13.0 Å². The Morgan fingerprint density at radius 1 is 1.56 bits per heavy atom. The summed E-state index contributed by atoms with van der Waals surface area (Å²) in [7, 11) is 0. The second-order valence-corrected chi connectivity index (χ2v) is 4.37. The number of nitrogens with zero attached hydrogens (tertiary/aromatic N) is 3. The van der Waals surface area contributed by atoms with Gasteiger partial charge in [0.05, 0.1) is 12.7 Å². The molecule has 2 aromatic rings. The van der Waals surface area contributed by atoms with E-state index in [0.29, 0.717) is 25.2 Å². The van der Waals surface area contributed by atoms with Crippen molar-refractivity contribution in [3.63, 3.8) is 0 Å². The molecule has 0 saturated heterocycles. The molecule has 0 fully saturated rings. The molecular formula is C10H12N4OS. The predicted octanol–water partition coefficient (Wildman–Crippen LogP) is 0.724. The number of aromatic nitrogens is 3. The largest absolute Gasteiger partial charge is 0.329 e. The zero-order valence-electron chi connectivity index (χ0n) is 8.67. The lowest BCUT2D eigenvalue weighted by molar-refractivity contribution is 0.0989. The second-order valence-electron chi connectivity index (χ2n) is 3.33. The first-order chi connectivity index (χ1) is 7.79. The first kappa shape index (κ1) is 11.0. The lowest BCUT2D eigenvalue weighted by Gasteiger charge is -1.94. The number of hydrogen-bond acceptors (Lipinski definition) is 5. The Bertz CT molecular complexity index is 463. The third-order valence-electron chi connectivity index (χ3n) is 2.10. The van der Waals surface area contributed by atoms with Crippen molar-refractivity contribution in [2.24, 2.45) is 5.73 Å². The van der Waals surface area contributed by atoms with Crippen LogP contribution in [0.5, 0.6) is 0 Å². The van der Waals surface area contributed by atoms with Gasteiger partial charge >= 0.3 is 0 Å². The molecule has 6 heteroatoms. The maximum atomic E-state index is 11.8. The Labute approximate surface area is 96.9 Å². The van der Waals surface area contributed by atoms with Crippen molar-refractivity contribution in [1.29, 1.82) is 0 Å². The number of ketones is 1. The number of hydrogen-bond donors (Lipinski definition) is 1. The highest BCUT2D eigenvalue weighted by Gasteiger charge is 2.11. The van der Waals surface area contributed by atoms with Crippen LogP contribution in [0.1, 0.15) is 15.4 Å². The van der Waals surface area contributed by atoms with Crippen LogP contribution in [-0.4, -0.2) is 27.3 Å². The van der Waals surface area contributed by atoms with Gasteiger partial charge in [-0.2, -0.15) is 0 Å². The Morgan fingerprint density at radius 3 is 3.12 bits per heavy atom. The average molecular weight is 236 g/mol. The Hall–Kier alpha value is -1.53. The minimum absolute atomic E-state index is 0.00859. The summed E-state index contributed by atoms with van der Waals surface area (Å²) in [5.41, 5.74) is 5.79. The molecule has 0 unspecified atom stereocenters. The normalized spacial score (nSPS) is 10.6. The minimum Gasteiger partial charge on any atom is -0.329 e. The Kier molecular flexibility index (Phi) is 3.43. The van der Waals surface area contributed by atoms with E-state index in [1.54, 1.807) is 22.2 Å². The van der Waals surface area contributed by atoms with Gasteiger partial charge in [-0.05, 0) is 11.4 Å². The molecule has 0 bridgehead atoms. The summed E-state index contributed by atoms with van der Waals surface area (Å²) < 4.78 is 1.58. The summed E-state index contributed by atoms with van der Waals surface area (Å²) in [4.78, 5) is 12.8. The van der Waals surface area contributed by atoms with Gasteiger partial charge < -0.3 is 5.73 Å². The Morgan fingerprint density at radius 2 is 2.44 bits per heavy atom. The quantitative estimate of drug-likeness (QED) is 0.776. The van der Waals surface area contributed by atoms with Crippen molar-refractivity contribution in [2.75, 3.05) is 6.54 Å². The van der Waals surface area contributed by atoms with Gasteiger partial charge in [0.25, 0.3) is 0 Å². The molecule has 5 nitrogen and oxygen atoms in total. The summed E-state index contributed by atoms with van der Waals surface area (Å²) in [5, 5.41) is 9.61. The van der Waals surface area contributed by atoms with Crippen LogP contribution in [0.2, 0.25) is 0 Å². The van der Waals surface area contributed by atoms with E-state index in [4.69, 9.17) is 5.73 Å². The Balaban J connectivity index is 2.03. The number of carbonyl (C=O) groups excluding carboxylic acids is 1. The van der Waals surface area contributed by atoms with E-state index < -0.39 is 0 Å². The number of rotatable bonds is 5. The summed E-state index contributed by atoms with van der Waals surface area (Å²) in [6, 6.07) is 3.87. The molecule has 0 aromatic carbocycles. The number of carbonyl (C=O) groups is 1. The summed E-state index contributed by atoms with van der Waals surface area (Å²) >= 11 is 1.57. The van der Waals surface area contributed by atoms with E-state index in [0.717, 1.165) is 4.88 Å². The van der Waals surface area contributed by atoms with Crippen LogP contribution < -0.4 is 5.73 Å². The third kappa shape index (κ3) is 2.53. The van der Waals surface area contributed by atoms with Crippen LogP contribution in [0.3, 0.4) is 0 Å². The van der Waals surface area contributed by atoms with E-state index in [-0.39, 0.29) is 5.78 Å². The number of Topliss-reactive ketones (excluding diaryl/α,β-unsaturated/α-hetero) is 1. The summed E-state index contributed by atoms with van der Waals surface area (Å²) in [6.07, 6.45) is 2.03. The van der Waals surface area contributed by atoms with Crippen LogP contribution in [0, 0.1) is 0 Å². The standard InChI is InChI=1S/C10H12N4OS/c11-3-4-14-7-9(12-13-14)10(15)6-8-2-1-5-16-8/h1-2,5,7H,3-4,6,11H2. The third-order valence-corrected chi connectivity index (χ3v) is 2.97. The monoisotopic (exact) mass is 236 g/mol. The van der Waals surface area contributed by atoms with Gasteiger partial charge in [-0.1, -0.05) is 11.3 Å². The van der Waals surface area contributed by atoms with Gasteiger partial charge in [0.1, 0.15) is 5.69 Å². The van der Waals surface area contributed by atoms with Crippen LogP contribution in [0.15, 0.2) is 23.7 Å². The maximum Gasteiger partial charge on any atom is 0.189 e. The van der Waals surface area contributed by atoms with Gasteiger partial charge in [-0.15, -0.1) is 16.4 Å². The molecule has 16 heavy (non-hydrogen) atoms. The summed E-state index contributed by atoms with van der Waals surface area (Å²) in [5.74, 6) is -0.00859. The molecule has 2 aromatic heterocycles. The SMILES string of the molecule is NCCn1cc(C(=O)Cc2cccs2)nn1. The predicted molar refractivity (Wildman–Crippen MR) is 61.4 cm³/mol. The zero-order valence-corrected chi connectivity index (χ0v) is 9.48. The van der Waals surface area contributed by atoms with Crippen molar-refractivity contribution in [1.82, 2.24) is 15.0 Å². The molecule has 0 aliphatic heterocycles. The highest BCUT2D eigenvalue weighted by atomic mass is 32.1. The van der Waals surface area contributed by atoms with Crippen molar-refractivity contribution in [3.8, 4) is 0 Å². The second kappa shape index (κ2) is 5.00. The first-order valence-electron chi connectivity index (χ1n) is 4.95. The fourth-order valence-corrected chi connectivity index (χ4v) is 2.03. The van der Waals surface area contributed by atoms with E-state index in [2.05, 4.69) is 10.3 Å². The van der Waals surface area contributed by atoms with Crippen molar-refractivity contribution >= 4 is 17.1 Å². The molecule has 2 rings (SSSR count). The molecule has 0 aliphatic carbocycles. The van der Waals surface area contributed by atoms with Crippen LogP contribution in [0.4, 0.5) is 0 Å². The lowest BCUT2D eigenvalue weighted by atomic mass is 10.2. The van der Waals surface area contributed by atoms with Gasteiger partial charge in [0.15, 0.2) is 5.78 Å². The lowest BCUT2D eigenvalue weighted by Crippen LogP contribution is -2.10. The van der Waals surface area contributed by atoms with Gasteiger partial charge in [-0.3, -0.25) is 9.48 Å². The minimum atomic E-state index is -0.00859. The average Bonchev–Trinajstić information content (AvgIpc) is 2.89. The molecule has 0 spiro atoms. The molecule has 0 saturated carbocycles. The topological polar surface area (TPSA) is 73.8 Å². The maximum absolute atomic E-state index is 11.8. The zero-order chi connectivity index (χ0) is 11.4. The number of nitrogens with two attached hydrogens (primary N) is 1. The molecule has 84 valence electrons. The molecular weight excluding hydrogens is 224 g/mol. The molecule has 0 amide bonds. The molecule has 2 heterocycles. The van der Waals surface area contributed by atoms with Gasteiger partial charge in [0.2, 0.25) is 0 Å². The van der Waals surface area contributed by atoms with E-state index in [1.807, 2.05) is 17.5 Å². The molecule has 0 radical (unpaired) electrons. The van der Waals surface area contributed by atoms with Crippen LogP contribution >= 0.6 is 11.3 Å². The van der Waals surface area contributed by atoms with Crippen molar-refractivity contribution in [3.05, 3.63) is 34.3 Å². The van der Waals surface area contributed by atoms with Gasteiger partial charge in [-0.25, -0.2) is 0 Å². The fraction of sp³-hybridized carbons (Fsp3) is 0.300. The highest BCUT2D eigenvalue weighted by Crippen LogP contribution is 2.11. The molecule has 0 aliphatic rings. The smallest absolute Gasteiger partial charge is 0.189 e. The van der Waals surface area contributed by atoms with E-state index in [1.165, 1.54) is 0 Å². The summed E-state index contributed by atoms with van der Waals surface area (Å²) in [6.45, 7) is 1.07. The number of thiophene rings is 1. The van der Waals surface area contributed by atoms with Crippen molar-refractivity contribution in [2.45, 2.75) is 13.0 Å². The van der Waals surface area contributed by atoms with E-state index >= 15 is 0 Å². The first-order valence-corrected chi connectivity index (χ1v) is 5.83. The van der Waals surface area contributed by atoms with Gasteiger partial charge in [0, 0.05) is 17.8 Å². The van der Waals surface area contributed by atoms with E-state index in [9.17, 15) is 4.79 Å². The highest BCUT2D eigenvalue weighted by molar-refractivity contribution is 7.10. The molecule has 0 atom stereocenters.